The van der Waals surface area contributed by atoms with Crippen LogP contribution in [0.3, 0.4) is 0 Å². The molecule has 5 aromatic rings. The minimum absolute atomic E-state index is 0.0880. The molecule has 0 spiro atoms. The Morgan fingerprint density at radius 2 is 2.03 bits per heavy atom. The van der Waals surface area contributed by atoms with Crippen molar-refractivity contribution in [2.24, 2.45) is 0 Å². The Bertz CT molecular complexity index is 1550. The van der Waals surface area contributed by atoms with Crippen molar-refractivity contribution < 1.29 is 13.9 Å². The summed E-state index contributed by atoms with van der Waals surface area (Å²) < 4.78 is 11.5. The van der Waals surface area contributed by atoms with Gasteiger partial charge in [0.15, 0.2) is 5.13 Å². The molecule has 9 heteroatoms. The maximum Gasteiger partial charge on any atom is 0.349 e. The van der Waals surface area contributed by atoms with Gasteiger partial charge in [-0.2, -0.15) is 0 Å². The van der Waals surface area contributed by atoms with Crippen LogP contribution in [0.15, 0.2) is 76.2 Å². The molecule has 0 fully saturated rings. The molecule has 1 amide bonds. The third-order valence-corrected chi connectivity index (χ3v) is 6.62. The third kappa shape index (κ3) is 3.94. The van der Waals surface area contributed by atoms with Crippen LogP contribution in [0, 0.1) is 0 Å². The Labute approximate surface area is 196 Å². The number of para-hydroxylation sites is 1. The highest BCUT2D eigenvalue weighted by molar-refractivity contribution is 7.23. The maximum atomic E-state index is 13.7. The first-order valence-electron chi connectivity index (χ1n) is 9.92. The van der Waals surface area contributed by atoms with Crippen LogP contribution in [-0.4, -0.2) is 23.0 Å². The number of thiazole rings is 1. The lowest BCUT2D eigenvalue weighted by Gasteiger charge is -2.19. The molecule has 0 aliphatic carbocycles. The van der Waals surface area contributed by atoms with Crippen molar-refractivity contribution in [2.45, 2.75) is 6.54 Å². The predicted octanol–water partition coefficient (Wildman–Crippen LogP) is 5.31. The lowest BCUT2D eigenvalue weighted by molar-refractivity contribution is 0.0981. The number of pyridine rings is 1. The van der Waals surface area contributed by atoms with Crippen LogP contribution in [0.1, 0.15) is 15.9 Å². The van der Waals surface area contributed by atoms with Crippen LogP contribution < -0.4 is 15.3 Å². The number of carbonyl (C=O) groups is 1. The van der Waals surface area contributed by atoms with Crippen LogP contribution in [0.2, 0.25) is 5.02 Å². The minimum Gasteiger partial charge on any atom is -0.494 e. The minimum atomic E-state index is -0.716. The van der Waals surface area contributed by atoms with Crippen molar-refractivity contribution in [3.8, 4) is 5.75 Å². The Kier molecular flexibility index (Phi) is 5.53. The summed E-state index contributed by atoms with van der Waals surface area (Å²) in [4.78, 5) is 36.6. The van der Waals surface area contributed by atoms with Crippen LogP contribution >= 0.6 is 22.9 Å². The number of hydrogen-bond donors (Lipinski definition) is 0. The Balaban J connectivity index is 1.66. The smallest absolute Gasteiger partial charge is 0.349 e. The number of aromatic nitrogens is 2. The molecule has 164 valence electrons. The SMILES string of the molecule is COc1ccc(Cl)c2sc(N(Cc3cccnc3)C(=O)c3cc4ccccc4oc3=O)nc12. The largest absolute Gasteiger partial charge is 0.494 e. The number of fused-ring (bicyclic) bond motifs is 2. The van der Waals surface area contributed by atoms with Gasteiger partial charge in [-0.25, -0.2) is 9.78 Å². The molecule has 33 heavy (non-hydrogen) atoms. The van der Waals surface area contributed by atoms with E-state index < -0.39 is 11.5 Å². The molecule has 3 heterocycles. The summed E-state index contributed by atoms with van der Waals surface area (Å²) in [5.74, 6) is 0.00315. The quantitative estimate of drug-likeness (QED) is 0.319. The second-order valence-corrected chi connectivity index (χ2v) is 8.55. The lowest BCUT2D eigenvalue weighted by atomic mass is 10.1. The number of rotatable bonds is 5. The summed E-state index contributed by atoms with van der Waals surface area (Å²) >= 11 is 7.63. The van der Waals surface area contributed by atoms with Crippen LogP contribution in [0.25, 0.3) is 21.2 Å². The van der Waals surface area contributed by atoms with Crippen LogP contribution in [0.5, 0.6) is 5.75 Å². The number of halogens is 1. The molecule has 0 bridgehead atoms. The molecule has 0 radical (unpaired) electrons. The van der Waals surface area contributed by atoms with Gasteiger partial charge in [0.1, 0.15) is 22.4 Å². The first-order chi connectivity index (χ1) is 16.0. The summed E-state index contributed by atoms with van der Waals surface area (Å²) in [6.45, 7) is 0.151. The molecule has 0 N–H and O–H groups in total. The van der Waals surface area contributed by atoms with E-state index in [9.17, 15) is 9.59 Å². The highest BCUT2D eigenvalue weighted by atomic mass is 35.5. The van der Waals surface area contributed by atoms with Gasteiger partial charge in [-0.05, 0) is 35.9 Å². The molecule has 7 nitrogen and oxygen atoms in total. The van der Waals surface area contributed by atoms with Gasteiger partial charge < -0.3 is 9.15 Å². The fourth-order valence-electron chi connectivity index (χ4n) is 3.48. The second-order valence-electron chi connectivity index (χ2n) is 7.16. The fourth-order valence-corrected chi connectivity index (χ4v) is 4.73. The number of carbonyl (C=O) groups excluding carboxylic acids is 1. The number of nitrogens with zero attached hydrogens (tertiary/aromatic N) is 3. The van der Waals surface area contributed by atoms with Crippen LogP contribution in [0.4, 0.5) is 5.13 Å². The Morgan fingerprint density at radius 3 is 2.82 bits per heavy atom. The molecule has 5 rings (SSSR count). The van der Waals surface area contributed by atoms with Gasteiger partial charge in [0.05, 0.1) is 23.4 Å². The number of methoxy groups -OCH3 is 1. The van der Waals surface area contributed by atoms with E-state index in [1.807, 2.05) is 12.1 Å². The van der Waals surface area contributed by atoms with Gasteiger partial charge in [0, 0.05) is 17.8 Å². The van der Waals surface area contributed by atoms with E-state index in [-0.39, 0.29) is 12.1 Å². The van der Waals surface area contributed by atoms with E-state index in [0.717, 1.165) is 5.56 Å². The number of hydrogen-bond acceptors (Lipinski definition) is 7. The molecule has 0 atom stereocenters. The zero-order valence-corrected chi connectivity index (χ0v) is 18.9. The van der Waals surface area contributed by atoms with E-state index >= 15 is 0 Å². The highest BCUT2D eigenvalue weighted by Gasteiger charge is 2.26. The number of amides is 1. The predicted molar refractivity (Wildman–Crippen MR) is 128 cm³/mol. The van der Waals surface area contributed by atoms with E-state index in [2.05, 4.69) is 9.97 Å². The zero-order valence-electron chi connectivity index (χ0n) is 17.3. The van der Waals surface area contributed by atoms with Gasteiger partial charge in [-0.15, -0.1) is 0 Å². The van der Waals surface area contributed by atoms with Crippen molar-refractivity contribution in [1.29, 1.82) is 0 Å². The number of ether oxygens (including phenoxy) is 1. The van der Waals surface area contributed by atoms with Crippen molar-refractivity contribution in [2.75, 3.05) is 12.0 Å². The summed E-state index contributed by atoms with van der Waals surface area (Å²) in [6.07, 6.45) is 3.31. The number of anilines is 1. The van der Waals surface area contributed by atoms with Crippen molar-refractivity contribution in [3.63, 3.8) is 0 Å². The summed E-state index contributed by atoms with van der Waals surface area (Å²) in [5, 5.41) is 1.52. The third-order valence-electron chi connectivity index (χ3n) is 5.08. The second kappa shape index (κ2) is 8.65. The molecule has 0 aliphatic heterocycles. The monoisotopic (exact) mass is 477 g/mol. The van der Waals surface area contributed by atoms with Crippen molar-refractivity contribution in [1.82, 2.24) is 9.97 Å². The molecule has 0 unspecified atom stereocenters. The Hall–Kier alpha value is -3.75. The first-order valence-corrected chi connectivity index (χ1v) is 11.1. The van der Waals surface area contributed by atoms with E-state index in [1.165, 1.54) is 16.2 Å². The van der Waals surface area contributed by atoms with Gasteiger partial charge >= 0.3 is 5.63 Å². The van der Waals surface area contributed by atoms with Crippen molar-refractivity contribution in [3.05, 3.63) is 93.6 Å². The number of benzene rings is 2. The van der Waals surface area contributed by atoms with Crippen molar-refractivity contribution >= 4 is 55.2 Å². The highest BCUT2D eigenvalue weighted by Crippen LogP contribution is 2.39. The lowest BCUT2D eigenvalue weighted by Crippen LogP contribution is -2.33. The van der Waals surface area contributed by atoms with Gasteiger partial charge in [-0.3, -0.25) is 14.7 Å². The standard InChI is InChI=1S/C24H16ClN3O4S/c1-31-19-9-8-17(25)21-20(19)27-24(33-21)28(13-14-5-4-10-26-12-14)22(29)16-11-15-6-2-3-7-18(15)32-23(16)30/h2-12H,13H2,1H3. The molecule has 2 aromatic carbocycles. The summed E-state index contributed by atoms with van der Waals surface area (Å²) in [5.41, 5.74) is 0.920. The molecule has 0 saturated carbocycles. The summed E-state index contributed by atoms with van der Waals surface area (Å²) in [6, 6.07) is 15.6. The molecular weight excluding hydrogens is 462 g/mol. The topological polar surface area (TPSA) is 85.5 Å². The molecular formula is C24H16ClN3O4S. The average molecular weight is 478 g/mol. The summed E-state index contributed by atoms with van der Waals surface area (Å²) in [7, 11) is 1.54. The molecule has 3 aromatic heterocycles. The first kappa shape index (κ1) is 21.1. The van der Waals surface area contributed by atoms with Gasteiger partial charge in [-0.1, -0.05) is 47.2 Å². The van der Waals surface area contributed by atoms with Gasteiger partial charge in [0.25, 0.3) is 5.91 Å². The average Bonchev–Trinajstić information content (AvgIpc) is 3.29. The molecule has 0 aliphatic rings. The van der Waals surface area contributed by atoms with E-state index in [0.29, 0.717) is 37.1 Å². The van der Waals surface area contributed by atoms with E-state index in [1.54, 1.807) is 62.0 Å². The maximum absolute atomic E-state index is 13.7. The van der Waals surface area contributed by atoms with Crippen LogP contribution in [-0.2, 0) is 6.54 Å². The fraction of sp³-hybridized carbons (Fsp3) is 0.0833. The van der Waals surface area contributed by atoms with E-state index in [4.69, 9.17) is 20.8 Å². The zero-order chi connectivity index (χ0) is 22.9. The molecule has 0 saturated heterocycles. The Morgan fingerprint density at radius 1 is 1.18 bits per heavy atom. The normalized spacial score (nSPS) is 11.1. The van der Waals surface area contributed by atoms with Gasteiger partial charge in [0.2, 0.25) is 0 Å².